The number of nitrogens with two attached hydrogens (primary N) is 1. The van der Waals surface area contributed by atoms with Gasteiger partial charge >= 0.3 is 0 Å². The van der Waals surface area contributed by atoms with Gasteiger partial charge in [-0.1, -0.05) is 41.4 Å². The largest absolute Gasteiger partial charge is 0.393 e. The predicted molar refractivity (Wildman–Crippen MR) is 117 cm³/mol. The van der Waals surface area contributed by atoms with E-state index in [1.54, 1.807) is 18.2 Å². The van der Waals surface area contributed by atoms with Gasteiger partial charge < -0.3 is 20.9 Å². The number of nitrogen functional groups attached to an aromatic ring is 1. The third kappa shape index (κ3) is 3.93. The molecule has 4 rings (SSSR count). The SMILES string of the molecule is Nc1c(Nc2ccc(Cl)cc2Cl)ncnc1N1CCN(c2ccccc2)CC1. The van der Waals surface area contributed by atoms with Crippen molar-refractivity contribution in [2.75, 3.05) is 47.0 Å². The van der Waals surface area contributed by atoms with Crippen molar-refractivity contribution < 1.29 is 0 Å². The molecular weight excluding hydrogens is 395 g/mol. The molecule has 0 bridgehead atoms. The zero-order chi connectivity index (χ0) is 19.5. The summed E-state index contributed by atoms with van der Waals surface area (Å²) in [5, 5.41) is 4.25. The van der Waals surface area contributed by atoms with Crippen LogP contribution in [0.4, 0.5) is 28.7 Å². The first-order chi connectivity index (χ1) is 13.6. The zero-order valence-electron chi connectivity index (χ0n) is 15.1. The molecule has 0 aliphatic carbocycles. The number of nitrogens with one attached hydrogen (secondary N) is 1. The number of halogens is 2. The lowest BCUT2D eigenvalue weighted by Gasteiger charge is -2.37. The third-order valence-electron chi connectivity index (χ3n) is 4.75. The van der Waals surface area contributed by atoms with E-state index >= 15 is 0 Å². The lowest BCUT2D eigenvalue weighted by molar-refractivity contribution is 0.647. The van der Waals surface area contributed by atoms with E-state index in [0.717, 1.165) is 32.0 Å². The van der Waals surface area contributed by atoms with Crippen LogP contribution in [0.3, 0.4) is 0 Å². The Morgan fingerprint density at radius 3 is 2.32 bits per heavy atom. The third-order valence-corrected chi connectivity index (χ3v) is 5.30. The quantitative estimate of drug-likeness (QED) is 0.657. The number of hydrogen-bond acceptors (Lipinski definition) is 6. The van der Waals surface area contributed by atoms with Crippen molar-refractivity contribution in [1.82, 2.24) is 9.97 Å². The first-order valence-corrected chi connectivity index (χ1v) is 9.75. The molecule has 0 saturated carbocycles. The standard InChI is InChI=1S/C20H20Cl2N6/c21-14-6-7-17(16(22)12-14)26-19-18(23)20(25-13-24-19)28-10-8-27(9-11-28)15-4-2-1-3-5-15/h1-7,12-13H,8-11,23H2,(H,24,25,26). The molecule has 8 heteroatoms. The molecule has 3 aromatic rings. The highest BCUT2D eigenvalue weighted by Gasteiger charge is 2.21. The number of hydrogen-bond donors (Lipinski definition) is 2. The summed E-state index contributed by atoms with van der Waals surface area (Å²) in [5.74, 6) is 1.26. The number of piperazine rings is 1. The molecule has 1 fully saturated rings. The van der Waals surface area contributed by atoms with Crippen molar-refractivity contribution in [3.63, 3.8) is 0 Å². The average molecular weight is 415 g/mol. The van der Waals surface area contributed by atoms with Gasteiger partial charge in [0.15, 0.2) is 11.6 Å². The van der Waals surface area contributed by atoms with Crippen LogP contribution < -0.4 is 20.9 Å². The first kappa shape index (κ1) is 18.7. The van der Waals surface area contributed by atoms with Gasteiger partial charge in [-0.2, -0.15) is 0 Å². The lowest BCUT2D eigenvalue weighted by atomic mass is 10.2. The second kappa shape index (κ2) is 8.12. The molecule has 6 nitrogen and oxygen atoms in total. The Bertz CT molecular complexity index is 958. The van der Waals surface area contributed by atoms with Crippen LogP contribution in [-0.2, 0) is 0 Å². The molecule has 0 unspecified atom stereocenters. The molecule has 1 aromatic heterocycles. The predicted octanol–water partition coefficient (Wildman–Crippen LogP) is 4.44. The number of aromatic nitrogens is 2. The topological polar surface area (TPSA) is 70.3 Å². The monoisotopic (exact) mass is 414 g/mol. The van der Waals surface area contributed by atoms with Crippen LogP contribution in [0.25, 0.3) is 0 Å². The van der Waals surface area contributed by atoms with E-state index in [9.17, 15) is 0 Å². The smallest absolute Gasteiger partial charge is 0.159 e. The van der Waals surface area contributed by atoms with E-state index in [4.69, 9.17) is 28.9 Å². The second-order valence-corrected chi connectivity index (χ2v) is 7.36. The van der Waals surface area contributed by atoms with Gasteiger partial charge in [0.05, 0.1) is 10.7 Å². The fraction of sp³-hybridized carbons (Fsp3) is 0.200. The average Bonchev–Trinajstić information content (AvgIpc) is 2.72. The van der Waals surface area contributed by atoms with Gasteiger partial charge in [0.2, 0.25) is 0 Å². The van der Waals surface area contributed by atoms with E-state index in [0.29, 0.717) is 27.2 Å². The van der Waals surface area contributed by atoms with E-state index < -0.39 is 0 Å². The summed E-state index contributed by atoms with van der Waals surface area (Å²) >= 11 is 12.2. The Balaban J connectivity index is 1.49. The number of rotatable bonds is 4. The van der Waals surface area contributed by atoms with Gasteiger partial charge in [-0.25, -0.2) is 9.97 Å². The minimum atomic E-state index is 0.502. The van der Waals surface area contributed by atoms with Crippen LogP contribution in [0, 0.1) is 0 Å². The summed E-state index contributed by atoms with van der Waals surface area (Å²) in [4.78, 5) is 13.2. The molecule has 0 radical (unpaired) electrons. The molecular formula is C20H20Cl2N6. The maximum atomic E-state index is 6.38. The summed E-state index contributed by atoms with van der Waals surface area (Å²) in [7, 11) is 0. The molecule has 2 heterocycles. The van der Waals surface area contributed by atoms with Gasteiger partial charge in [0.25, 0.3) is 0 Å². The number of para-hydroxylation sites is 1. The van der Waals surface area contributed by atoms with Gasteiger partial charge in [-0.05, 0) is 30.3 Å². The first-order valence-electron chi connectivity index (χ1n) is 8.99. The minimum Gasteiger partial charge on any atom is -0.393 e. The fourth-order valence-corrected chi connectivity index (χ4v) is 3.73. The molecule has 144 valence electrons. The Labute approximate surface area is 173 Å². The Hall–Kier alpha value is -2.70. The molecule has 1 saturated heterocycles. The van der Waals surface area contributed by atoms with E-state index in [2.05, 4.69) is 49.4 Å². The van der Waals surface area contributed by atoms with Gasteiger partial charge in [-0.15, -0.1) is 0 Å². The van der Waals surface area contributed by atoms with Crippen molar-refractivity contribution in [2.45, 2.75) is 0 Å². The molecule has 28 heavy (non-hydrogen) atoms. The highest BCUT2D eigenvalue weighted by molar-refractivity contribution is 6.36. The normalized spacial score (nSPS) is 14.2. The van der Waals surface area contributed by atoms with Crippen LogP contribution >= 0.6 is 23.2 Å². The Kier molecular flexibility index (Phi) is 5.41. The van der Waals surface area contributed by atoms with Crippen molar-refractivity contribution >= 4 is 51.9 Å². The number of benzene rings is 2. The fourth-order valence-electron chi connectivity index (χ4n) is 3.27. The van der Waals surface area contributed by atoms with E-state index in [1.807, 2.05) is 6.07 Å². The van der Waals surface area contributed by atoms with Crippen molar-refractivity contribution in [3.05, 3.63) is 64.9 Å². The van der Waals surface area contributed by atoms with Gasteiger partial charge in [-0.3, -0.25) is 0 Å². The van der Waals surface area contributed by atoms with Crippen LogP contribution in [0.2, 0.25) is 10.0 Å². The van der Waals surface area contributed by atoms with Crippen LogP contribution in [-0.4, -0.2) is 36.1 Å². The van der Waals surface area contributed by atoms with Crippen molar-refractivity contribution in [2.24, 2.45) is 0 Å². The summed E-state index contributed by atoms with van der Waals surface area (Å²) in [6.45, 7) is 3.47. The number of anilines is 5. The molecule has 0 atom stereocenters. The molecule has 2 aromatic carbocycles. The van der Waals surface area contributed by atoms with E-state index in [-0.39, 0.29) is 0 Å². The van der Waals surface area contributed by atoms with Crippen molar-refractivity contribution in [1.29, 1.82) is 0 Å². The van der Waals surface area contributed by atoms with Crippen LogP contribution in [0.5, 0.6) is 0 Å². The van der Waals surface area contributed by atoms with Crippen LogP contribution in [0.15, 0.2) is 54.9 Å². The molecule has 1 aliphatic rings. The summed E-state index contributed by atoms with van der Waals surface area (Å²) in [5.41, 5.74) is 8.80. The molecule has 0 spiro atoms. The maximum Gasteiger partial charge on any atom is 0.159 e. The second-order valence-electron chi connectivity index (χ2n) is 6.52. The van der Waals surface area contributed by atoms with E-state index in [1.165, 1.54) is 12.0 Å². The minimum absolute atomic E-state index is 0.502. The van der Waals surface area contributed by atoms with Crippen molar-refractivity contribution in [3.8, 4) is 0 Å². The molecule has 3 N–H and O–H groups in total. The van der Waals surface area contributed by atoms with Crippen LogP contribution in [0.1, 0.15) is 0 Å². The Morgan fingerprint density at radius 2 is 1.61 bits per heavy atom. The summed E-state index contributed by atoms with van der Waals surface area (Å²) < 4.78 is 0. The maximum absolute atomic E-state index is 6.38. The Morgan fingerprint density at radius 1 is 0.893 bits per heavy atom. The zero-order valence-corrected chi connectivity index (χ0v) is 16.7. The van der Waals surface area contributed by atoms with Gasteiger partial charge in [0.1, 0.15) is 12.0 Å². The lowest BCUT2D eigenvalue weighted by Crippen LogP contribution is -2.47. The highest BCUT2D eigenvalue weighted by Crippen LogP contribution is 2.33. The molecule has 0 amide bonds. The number of nitrogens with zero attached hydrogens (tertiary/aromatic N) is 4. The highest BCUT2D eigenvalue weighted by atomic mass is 35.5. The van der Waals surface area contributed by atoms with Gasteiger partial charge in [0, 0.05) is 36.9 Å². The summed E-state index contributed by atoms with van der Waals surface area (Å²) in [6, 6.07) is 15.6. The molecule has 1 aliphatic heterocycles. The summed E-state index contributed by atoms with van der Waals surface area (Å²) in [6.07, 6.45) is 1.52.